The van der Waals surface area contributed by atoms with Crippen LogP contribution in [0.2, 0.25) is 0 Å². The second-order valence-electron chi connectivity index (χ2n) is 2.34. The van der Waals surface area contributed by atoms with Crippen LogP contribution >= 0.6 is 0 Å². The molecule has 3 N–H and O–H groups in total. The van der Waals surface area contributed by atoms with E-state index in [0.717, 1.165) is 17.7 Å². The highest BCUT2D eigenvalue weighted by Crippen LogP contribution is 2.17. The van der Waals surface area contributed by atoms with Crippen LogP contribution in [0.4, 0.5) is 0 Å². The molecule has 0 radical (unpaired) electrons. The van der Waals surface area contributed by atoms with Gasteiger partial charge in [-0.15, -0.1) is 0 Å². The van der Waals surface area contributed by atoms with E-state index in [-0.39, 0.29) is 0 Å². The molecule has 0 amide bonds. The molecule has 1 aliphatic carbocycles. The van der Waals surface area contributed by atoms with Crippen molar-refractivity contribution in [2.45, 2.75) is 19.8 Å². The van der Waals surface area contributed by atoms with Crippen LogP contribution in [0, 0.1) is 0 Å². The molecule has 0 aromatic carbocycles. The number of hydrogen-bond acceptors (Lipinski definition) is 2. The summed E-state index contributed by atoms with van der Waals surface area (Å²) >= 11 is 0. The Hall–Kier alpha value is -0.920. The number of nitrogens with two attached hydrogens (primary N) is 1. The van der Waals surface area contributed by atoms with Gasteiger partial charge in [-0.3, -0.25) is 0 Å². The Labute approximate surface area is 54.7 Å². The lowest BCUT2D eigenvalue weighted by atomic mass is 10.0. The van der Waals surface area contributed by atoms with Crippen molar-refractivity contribution in [2.75, 3.05) is 0 Å². The Morgan fingerprint density at radius 3 is 2.67 bits per heavy atom. The zero-order valence-corrected chi connectivity index (χ0v) is 5.52. The van der Waals surface area contributed by atoms with E-state index in [4.69, 9.17) is 10.8 Å². The largest absolute Gasteiger partial charge is 0.512 e. The lowest BCUT2D eigenvalue weighted by Gasteiger charge is -2.09. The van der Waals surface area contributed by atoms with Crippen LogP contribution in [0.5, 0.6) is 0 Å². The SMILES string of the molecule is CC1=C(N)CCC(O)=C1. The monoisotopic (exact) mass is 125 g/mol. The van der Waals surface area contributed by atoms with Crippen LogP contribution in [0.25, 0.3) is 0 Å². The number of aliphatic hydroxyl groups excluding tert-OH is 1. The Bertz CT molecular complexity index is 179. The molecule has 1 rings (SSSR count). The minimum absolute atomic E-state index is 0.446. The van der Waals surface area contributed by atoms with Crippen molar-refractivity contribution >= 4 is 0 Å². The minimum atomic E-state index is 0.446. The average molecular weight is 125 g/mol. The Balaban J connectivity index is 2.83. The third-order valence-corrected chi connectivity index (χ3v) is 1.54. The molecule has 2 nitrogen and oxygen atoms in total. The van der Waals surface area contributed by atoms with E-state index >= 15 is 0 Å². The summed E-state index contributed by atoms with van der Waals surface area (Å²) < 4.78 is 0. The second-order valence-corrected chi connectivity index (χ2v) is 2.34. The average Bonchev–Trinajstić information content (AvgIpc) is 1.80. The fourth-order valence-electron chi connectivity index (χ4n) is 0.875. The molecule has 0 saturated heterocycles. The molecule has 50 valence electrons. The van der Waals surface area contributed by atoms with Gasteiger partial charge < -0.3 is 10.8 Å². The molecule has 0 aromatic rings. The first-order valence-electron chi connectivity index (χ1n) is 3.05. The van der Waals surface area contributed by atoms with Crippen molar-refractivity contribution in [3.63, 3.8) is 0 Å². The fourth-order valence-corrected chi connectivity index (χ4v) is 0.875. The van der Waals surface area contributed by atoms with Gasteiger partial charge in [0.2, 0.25) is 0 Å². The highest BCUT2D eigenvalue weighted by Gasteiger charge is 2.04. The van der Waals surface area contributed by atoms with Crippen LogP contribution in [-0.4, -0.2) is 5.11 Å². The molecular formula is C7H11NO. The van der Waals surface area contributed by atoms with E-state index in [2.05, 4.69) is 0 Å². The smallest absolute Gasteiger partial charge is 0.0929 e. The quantitative estimate of drug-likeness (QED) is 0.514. The van der Waals surface area contributed by atoms with Gasteiger partial charge in [-0.1, -0.05) is 0 Å². The predicted molar refractivity (Wildman–Crippen MR) is 36.8 cm³/mol. The number of allylic oxidation sites excluding steroid dienone is 4. The predicted octanol–water partition coefficient (Wildman–Crippen LogP) is 1.45. The molecule has 1 aliphatic rings. The summed E-state index contributed by atoms with van der Waals surface area (Å²) in [6.45, 7) is 1.91. The zero-order chi connectivity index (χ0) is 6.85. The Morgan fingerprint density at radius 1 is 1.56 bits per heavy atom. The Kier molecular flexibility index (Phi) is 1.47. The van der Waals surface area contributed by atoms with E-state index < -0.39 is 0 Å². The summed E-state index contributed by atoms with van der Waals surface area (Å²) in [5.41, 5.74) is 7.46. The van der Waals surface area contributed by atoms with Crippen molar-refractivity contribution in [1.82, 2.24) is 0 Å². The van der Waals surface area contributed by atoms with Gasteiger partial charge in [-0.25, -0.2) is 0 Å². The van der Waals surface area contributed by atoms with Gasteiger partial charge >= 0.3 is 0 Å². The summed E-state index contributed by atoms with van der Waals surface area (Å²) in [5, 5.41) is 8.97. The maximum atomic E-state index is 8.97. The highest BCUT2D eigenvalue weighted by molar-refractivity contribution is 5.27. The summed E-state index contributed by atoms with van der Waals surface area (Å²) in [4.78, 5) is 0. The van der Waals surface area contributed by atoms with Gasteiger partial charge in [0.1, 0.15) is 0 Å². The lowest BCUT2D eigenvalue weighted by Crippen LogP contribution is -2.04. The highest BCUT2D eigenvalue weighted by atomic mass is 16.3. The van der Waals surface area contributed by atoms with Crippen molar-refractivity contribution in [2.24, 2.45) is 5.73 Å². The maximum Gasteiger partial charge on any atom is 0.0929 e. The molecule has 0 saturated carbocycles. The molecule has 9 heavy (non-hydrogen) atoms. The molecule has 0 aromatic heterocycles. The fraction of sp³-hybridized carbons (Fsp3) is 0.429. The normalized spacial score (nSPS) is 19.9. The molecule has 0 atom stereocenters. The van der Waals surface area contributed by atoms with E-state index in [1.807, 2.05) is 6.92 Å². The molecule has 0 aliphatic heterocycles. The van der Waals surface area contributed by atoms with Crippen molar-refractivity contribution < 1.29 is 5.11 Å². The van der Waals surface area contributed by atoms with Gasteiger partial charge in [0.05, 0.1) is 5.76 Å². The van der Waals surface area contributed by atoms with Crippen LogP contribution in [0.3, 0.4) is 0 Å². The van der Waals surface area contributed by atoms with Crippen molar-refractivity contribution in [3.8, 4) is 0 Å². The molecular weight excluding hydrogens is 114 g/mol. The second kappa shape index (κ2) is 2.13. The van der Waals surface area contributed by atoms with Crippen LogP contribution in [-0.2, 0) is 0 Å². The van der Waals surface area contributed by atoms with Gasteiger partial charge in [-0.2, -0.15) is 0 Å². The summed E-state index contributed by atoms with van der Waals surface area (Å²) in [6.07, 6.45) is 3.22. The van der Waals surface area contributed by atoms with Crippen molar-refractivity contribution in [1.29, 1.82) is 0 Å². The number of rotatable bonds is 0. The third-order valence-electron chi connectivity index (χ3n) is 1.54. The first kappa shape index (κ1) is 6.20. The summed E-state index contributed by atoms with van der Waals surface area (Å²) in [6, 6.07) is 0. The molecule has 0 heterocycles. The minimum Gasteiger partial charge on any atom is -0.512 e. The standard InChI is InChI=1S/C7H11NO/c1-5-4-6(9)2-3-7(5)8/h4,9H,2-3,8H2,1H3. The van der Waals surface area contributed by atoms with Gasteiger partial charge in [0, 0.05) is 12.1 Å². The summed E-state index contributed by atoms with van der Waals surface area (Å²) in [7, 11) is 0. The molecule has 0 fully saturated rings. The molecule has 2 heteroatoms. The number of hydrogen-bond donors (Lipinski definition) is 2. The first-order chi connectivity index (χ1) is 4.20. The third kappa shape index (κ3) is 1.25. The Morgan fingerprint density at radius 2 is 2.22 bits per heavy atom. The summed E-state index contributed by atoms with van der Waals surface area (Å²) in [5.74, 6) is 0.446. The van der Waals surface area contributed by atoms with E-state index in [9.17, 15) is 0 Å². The molecule has 0 spiro atoms. The number of aliphatic hydroxyl groups is 1. The first-order valence-corrected chi connectivity index (χ1v) is 3.05. The van der Waals surface area contributed by atoms with E-state index in [1.54, 1.807) is 6.08 Å². The van der Waals surface area contributed by atoms with E-state index in [1.165, 1.54) is 0 Å². The molecule has 0 bridgehead atoms. The molecule has 0 unspecified atom stereocenters. The van der Waals surface area contributed by atoms with Crippen LogP contribution in [0.1, 0.15) is 19.8 Å². The zero-order valence-electron chi connectivity index (χ0n) is 5.52. The van der Waals surface area contributed by atoms with Gasteiger partial charge in [0.15, 0.2) is 0 Å². The van der Waals surface area contributed by atoms with Crippen LogP contribution < -0.4 is 5.73 Å². The van der Waals surface area contributed by atoms with Gasteiger partial charge in [0.25, 0.3) is 0 Å². The lowest BCUT2D eigenvalue weighted by molar-refractivity contribution is 0.384. The van der Waals surface area contributed by atoms with Gasteiger partial charge in [-0.05, 0) is 25.0 Å². The van der Waals surface area contributed by atoms with E-state index in [0.29, 0.717) is 12.2 Å². The topological polar surface area (TPSA) is 46.2 Å². The van der Waals surface area contributed by atoms with Crippen molar-refractivity contribution in [3.05, 3.63) is 23.1 Å². The van der Waals surface area contributed by atoms with Crippen LogP contribution in [0.15, 0.2) is 23.1 Å². The maximum absolute atomic E-state index is 8.97.